The number of nitrogens with zero attached hydrogens (tertiary/aromatic N) is 1. The molecule has 0 aromatic heterocycles. The predicted octanol–water partition coefficient (Wildman–Crippen LogP) is 2.53. The Morgan fingerprint density at radius 3 is 2.36 bits per heavy atom. The number of carbonyl (C=O) groups is 2. The van der Waals surface area contributed by atoms with Gasteiger partial charge < -0.3 is 10.2 Å². The summed E-state index contributed by atoms with van der Waals surface area (Å²) in [5.41, 5.74) is 0.693. The lowest BCUT2D eigenvalue weighted by atomic mass is 9.96. The van der Waals surface area contributed by atoms with Crippen molar-refractivity contribution in [2.75, 3.05) is 26.7 Å². The van der Waals surface area contributed by atoms with Gasteiger partial charge in [0.15, 0.2) is 5.78 Å². The fourth-order valence-electron chi connectivity index (χ4n) is 2.82. The van der Waals surface area contributed by atoms with E-state index in [2.05, 4.69) is 5.32 Å². The number of piperidine rings is 1. The van der Waals surface area contributed by atoms with Gasteiger partial charge in [0, 0.05) is 31.5 Å². The predicted molar refractivity (Wildman–Crippen MR) is 90.5 cm³/mol. The molecule has 0 unspecified atom stereocenters. The van der Waals surface area contributed by atoms with Crippen LogP contribution < -0.4 is 5.32 Å². The molecule has 5 heteroatoms. The number of amides is 1. The smallest absolute Gasteiger partial charge is 0.223 e. The molecule has 1 aliphatic heterocycles. The molecule has 0 radical (unpaired) electrons. The monoisotopic (exact) mass is 324 g/mol. The van der Waals surface area contributed by atoms with Crippen LogP contribution in [0.3, 0.4) is 0 Å². The molecule has 1 N–H and O–H groups in total. The van der Waals surface area contributed by atoms with E-state index in [-0.39, 0.29) is 24.1 Å². The molecule has 1 saturated heterocycles. The summed E-state index contributed by atoms with van der Waals surface area (Å²) < 4.78 is 0. The number of Topliss-reactive ketones (excluding diaryl/α,β-unsaturated/α-hetero) is 1. The Hall–Kier alpha value is -1.39. The summed E-state index contributed by atoms with van der Waals surface area (Å²) in [6.45, 7) is 2.67. The maximum absolute atomic E-state index is 12.2. The molecule has 1 aliphatic rings. The van der Waals surface area contributed by atoms with Crippen LogP contribution in [0.4, 0.5) is 0 Å². The summed E-state index contributed by atoms with van der Waals surface area (Å²) in [5, 5.41) is 3.19. The quantitative estimate of drug-likeness (QED) is 0.818. The minimum absolute atomic E-state index is 0. The van der Waals surface area contributed by atoms with Crippen molar-refractivity contribution in [1.82, 2.24) is 10.2 Å². The molecule has 1 heterocycles. The molecule has 122 valence electrons. The topological polar surface area (TPSA) is 49.4 Å². The van der Waals surface area contributed by atoms with E-state index in [9.17, 15) is 9.59 Å². The van der Waals surface area contributed by atoms with Gasteiger partial charge in [-0.2, -0.15) is 0 Å². The molecule has 0 atom stereocenters. The van der Waals surface area contributed by atoms with Gasteiger partial charge in [-0.3, -0.25) is 9.59 Å². The van der Waals surface area contributed by atoms with Crippen molar-refractivity contribution in [1.29, 1.82) is 0 Å². The van der Waals surface area contributed by atoms with Crippen molar-refractivity contribution in [2.45, 2.75) is 25.7 Å². The number of carbonyl (C=O) groups excluding carboxylic acids is 2. The Balaban J connectivity index is 0.00000242. The molecule has 0 spiro atoms. The lowest BCUT2D eigenvalue weighted by molar-refractivity contribution is -0.132. The molecule has 1 aromatic carbocycles. The van der Waals surface area contributed by atoms with Gasteiger partial charge in [-0.05, 0) is 32.4 Å². The first-order chi connectivity index (χ1) is 10.2. The molecule has 4 nitrogen and oxygen atoms in total. The summed E-state index contributed by atoms with van der Waals surface area (Å²) in [4.78, 5) is 26.1. The number of benzene rings is 1. The minimum atomic E-state index is 0. The first-order valence-corrected chi connectivity index (χ1v) is 7.71. The van der Waals surface area contributed by atoms with Crippen LogP contribution in [0.25, 0.3) is 0 Å². The average molecular weight is 325 g/mol. The summed E-state index contributed by atoms with van der Waals surface area (Å²) in [7, 11) is 1.97. The Kier molecular flexibility index (Phi) is 8.13. The van der Waals surface area contributed by atoms with E-state index in [0.717, 1.165) is 32.5 Å². The Bertz CT molecular complexity index is 471. The maximum Gasteiger partial charge on any atom is 0.223 e. The lowest BCUT2D eigenvalue weighted by Crippen LogP contribution is -2.40. The molecule has 22 heavy (non-hydrogen) atoms. The van der Waals surface area contributed by atoms with Crippen LogP contribution in [-0.4, -0.2) is 43.3 Å². The van der Waals surface area contributed by atoms with Crippen LogP contribution in [0.2, 0.25) is 0 Å². The van der Waals surface area contributed by atoms with Gasteiger partial charge >= 0.3 is 0 Å². The molecule has 1 amide bonds. The molecule has 0 saturated carbocycles. The average Bonchev–Trinajstić information content (AvgIpc) is 2.54. The third kappa shape index (κ3) is 5.43. The molecule has 1 aromatic rings. The Labute approximate surface area is 138 Å². The number of halogens is 1. The number of ketones is 1. The van der Waals surface area contributed by atoms with Gasteiger partial charge in [0.1, 0.15) is 0 Å². The van der Waals surface area contributed by atoms with Crippen molar-refractivity contribution < 1.29 is 9.59 Å². The van der Waals surface area contributed by atoms with Gasteiger partial charge in [0.2, 0.25) is 5.91 Å². The van der Waals surface area contributed by atoms with Gasteiger partial charge in [0.25, 0.3) is 0 Å². The van der Waals surface area contributed by atoms with Crippen molar-refractivity contribution >= 4 is 24.1 Å². The van der Waals surface area contributed by atoms with Crippen LogP contribution in [0.15, 0.2) is 30.3 Å². The maximum atomic E-state index is 12.2. The van der Waals surface area contributed by atoms with Crippen LogP contribution >= 0.6 is 12.4 Å². The summed E-state index contributed by atoms with van der Waals surface area (Å²) >= 11 is 0. The second-order valence-corrected chi connectivity index (χ2v) is 5.67. The molecular formula is C17H25ClN2O2. The zero-order valence-corrected chi connectivity index (χ0v) is 13.9. The van der Waals surface area contributed by atoms with E-state index in [1.165, 1.54) is 0 Å². The van der Waals surface area contributed by atoms with E-state index < -0.39 is 0 Å². The first-order valence-electron chi connectivity index (χ1n) is 7.71. The fraction of sp³-hybridized carbons (Fsp3) is 0.529. The minimum Gasteiger partial charge on any atom is -0.343 e. The number of hydrogen-bond donors (Lipinski definition) is 1. The summed E-state index contributed by atoms with van der Waals surface area (Å²) in [6, 6.07) is 9.19. The number of hydrogen-bond acceptors (Lipinski definition) is 3. The van der Waals surface area contributed by atoms with Gasteiger partial charge in [-0.25, -0.2) is 0 Å². The lowest BCUT2D eigenvalue weighted by Gasteiger charge is -2.32. The molecule has 2 rings (SSSR count). The highest BCUT2D eigenvalue weighted by Gasteiger charge is 2.22. The molecule has 0 bridgehead atoms. The third-order valence-corrected chi connectivity index (χ3v) is 4.12. The van der Waals surface area contributed by atoms with Gasteiger partial charge in [0.05, 0.1) is 0 Å². The van der Waals surface area contributed by atoms with E-state index in [1.807, 2.05) is 30.1 Å². The number of nitrogens with one attached hydrogen (secondary N) is 1. The highest BCUT2D eigenvalue weighted by molar-refractivity contribution is 5.97. The van der Waals surface area contributed by atoms with E-state index >= 15 is 0 Å². The van der Waals surface area contributed by atoms with E-state index in [0.29, 0.717) is 24.3 Å². The second kappa shape index (κ2) is 9.59. The van der Waals surface area contributed by atoms with Crippen molar-refractivity contribution in [3.63, 3.8) is 0 Å². The largest absolute Gasteiger partial charge is 0.343 e. The summed E-state index contributed by atoms with van der Waals surface area (Å²) in [6.07, 6.45) is 2.74. The van der Waals surface area contributed by atoms with Crippen molar-refractivity contribution in [3.8, 4) is 0 Å². The number of likely N-dealkylation sites (tertiary alicyclic amines) is 1. The molecule has 0 aliphatic carbocycles. The fourth-order valence-corrected chi connectivity index (χ4v) is 2.82. The second-order valence-electron chi connectivity index (χ2n) is 5.67. The standard InChI is InChI=1S/C17H24N2O2.ClH/c1-18-13-14-9-11-19(12-10-14)17(21)8-7-16(20)15-5-3-2-4-6-15;/h2-6,14,18H,7-13H2,1H3;1H. The van der Waals surface area contributed by atoms with E-state index in [4.69, 9.17) is 0 Å². The Morgan fingerprint density at radius 2 is 1.77 bits per heavy atom. The van der Waals surface area contributed by atoms with Crippen LogP contribution in [0.1, 0.15) is 36.0 Å². The van der Waals surface area contributed by atoms with Crippen molar-refractivity contribution in [2.24, 2.45) is 5.92 Å². The van der Waals surface area contributed by atoms with Gasteiger partial charge in [-0.1, -0.05) is 30.3 Å². The summed E-state index contributed by atoms with van der Waals surface area (Å²) in [5.74, 6) is 0.834. The highest BCUT2D eigenvalue weighted by Crippen LogP contribution is 2.17. The highest BCUT2D eigenvalue weighted by atomic mass is 35.5. The van der Waals surface area contributed by atoms with Crippen LogP contribution in [0, 0.1) is 5.92 Å². The van der Waals surface area contributed by atoms with E-state index in [1.54, 1.807) is 12.1 Å². The normalized spacial score (nSPS) is 15.2. The zero-order valence-electron chi connectivity index (χ0n) is 13.1. The van der Waals surface area contributed by atoms with Gasteiger partial charge in [-0.15, -0.1) is 12.4 Å². The van der Waals surface area contributed by atoms with Crippen molar-refractivity contribution in [3.05, 3.63) is 35.9 Å². The SMILES string of the molecule is CNCC1CCN(C(=O)CCC(=O)c2ccccc2)CC1.Cl. The zero-order chi connectivity index (χ0) is 15.1. The third-order valence-electron chi connectivity index (χ3n) is 4.12. The first kappa shape index (κ1) is 18.7. The van der Waals surface area contributed by atoms with Crippen LogP contribution in [0.5, 0.6) is 0 Å². The Morgan fingerprint density at radius 1 is 1.14 bits per heavy atom. The van der Waals surface area contributed by atoms with Crippen LogP contribution in [-0.2, 0) is 4.79 Å². The number of rotatable bonds is 6. The molecular weight excluding hydrogens is 300 g/mol. The molecule has 1 fully saturated rings.